The number of hydrogen-bond acceptors (Lipinski definition) is 2. The van der Waals surface area contributed by atoms with Crippen LogP contribution in [0.1, 0.15) is 57.6 Å². The fourth-order valence-electron chi connectivity index (χ4n) is 2.78. The first-order valence-electron chi connectivity index (χ1n) is 8.20. The van der Waals surface area contributed by atoms with E-state index in [1.807, 2.05) is 45.0 Å². The topological polar surface area (TPSA) is 49.4 Å². The molecule has 1 heterocycles. The summed E-state index contributed by atoms with van der Waals surface area (Å²) in [4.78, 5) is 26.0. The highest BCUT2D eigenvalue weighted by atomic mass is 16.2. The maximum absolute atomic E-state index is 12.5. The summed E-state index contributed by atoms with van der Waals surface area (Å²) in [6.45, 7) is 10.3. The second kappa shape index (κ2) is 6.99. The van der Waals surface area contributed by atoms with Crippen molar-refractivity contribution in [1.29, 1.82) is 0 Å². The van der Waals surface area contributed by atoms with E-state index in [4.69, 9.17) is 0 Å². The molecule has 0 aromatic heterocycles. The Morgan fingerprint density at radius 1 is 1.26 bits per heavy atom. The highest BCUT2D eigenvalue weighted by Crippen LogP contribution is 2.24. The number of allylic oxidation sites excluding steroid dienone is 1. The molecule has 23 heavy (non-hydrogen) atoms. The highest BCUT2D eigenvalue weighted by Gasteiger charge is 2.29. The summed E-state index contributed by atoms with van der Waals surface area (Å²) in [5.74, 6) is -0.0773. The van der Waals surface area contributed by atoms with Crippen molar-refractivity contribution in [2.45, 2.75) is 52.0 Å². The van der Waals surface area contributed by atoms with E-state index in [-0.39, 0.29) is 11.9 Å². The largest absolute Gasteiger partial charge is 0.329 e. The van der Waals surface area contributed by atoms with Crippen LogP contribution in [0.3, 0.4) is 0 Å². The summed E-state index contributed by atoms with van der Waals surface area (Å²) in [6.07, 6.45) is 3.20. The normalized spacial score (nSPS) is 16.0. The number of nitrogens with one attached hydrogen (secondary N) is 1. The maximum atomic E-state index is 12.5. The summed E-state index contributed by atoms with van der Waals surface area (Å²) < 4.78 is 0. The number of amides is 3. The van der Waals surface area contributed by atoms with Crippen molar-refractivity contribution < 1.29 is 9.59 Å². The molecular weight excluding hydrogens is 288 g/mol. The number of likely N-dealkylation sites (tertiary alicyclic amines) is 1. The lowest BCUT2D eigenvalue weighted by Crippen LogP contribution is -2.50. The standard InChI is InChI=1S/C19H26N2O2/c1-14(2)15-9-8-10-16(13-15)19(3,4)20-18(23)21-12-7-5-6-11-17(21)22/h8-10,13H,1,5-7,11-12H2,2-4H3,(H,20,23). The number of carbonyl (C=O) groups excluding carboxylic acids is 2. The van der Waals surface area contributed by atoms with E-state index in [0.29, 0.717) is 13.0 Å². The van der Waals surface area contributed by atoms with Gasteiger partial charge in [-0.3, -0.25) is 9.69 Å². The van der Waals surface area contributed by atoms with Crippen molar-refractivity contribution in [2.24, 2.45) is 0 Å². The SMILES string of the molecule is C=C(C)c1cccc(C(C)(C)NC(=O)N2CCCCCC2=O)c1. The van der Waals surface area contributed by atoms with E-state index in [1.165, 1.54) is 4.90 Å². The predicted molar refractivity (Wildman–Crippen MR) is 92.9 cm³/mol. The highest BCUT2D eigenvalue weighted by molar-refractivity contribution is 5.94. The number of imide groups is 1. The van der Waals surface area contributed by atoms with Gasteiger partial charge in [0, 0.05) is 13.0 Å². The molecule has 1 aliphatic heterocycles. The minimum atomic E-state index is -0.560. The summed E-state index contributed by atoms with van der Waals surface area (Å²) in [5, 5.41) is 3.00. The van der Waals surface area contributed by atoms with E-state index in [2.05, 4.69) is 11.9 Å². The van der Waals surface area contributed by atoms with Gasteiger partial charge in [-0.2, -0.15) is 0 Å². The second-order valence-corrected chi connectivity index (χ2v) is 6.77. The van der Waals surface area contributed by atoms with Crippen LogP contribution >= 0.6 is 0 Å². The van der Waals surface area contributed by atoms with Crippen LogP contribution in [0.15, 0.2) is 30.8 Å². The monoisotopic (exact) mass is 314 g/mol. The molecule has 0 bridgehead atoms. The Balaban J connectivity index is 2.16. The van der Waals surface area contributed by atoms with Crippen LogP contribution in [0.25, 0.3) is 5.57 Å². The van der Waals surface area contributed by atoms with Crippen molar-refractivity contribution >= 4 is 17.5 Å². The Kier molecular flexibility index (Phi) is 5.24. The number of rotatable bonds is 3. The molecule has 124 valence electrons. The Bertz CT molecular complexity index is 620. The molecule has 0 aliphatic carbocycles. The van der Waals surface area contributed by atoms with E-state index in [0.717, 1.165) is 36.0 Å². The molecule has 1 aromatic rings. The Hall–Kier alpha value is -2.10. The predicted octanol–water partition coefficient (Wildman–Crippen LogP) is 4.07. The third-order valence-electron chi connectivity index (χ3n) is 4.32. The number of carbonyl (C=O) groups is 2. The first kappa shape index (κ1) is 17.3. The quantitative estimate of drug-likeness (QED) is 0.914. The minimum absolute atomic E-state index is 0.0773. The molecule has 3 amide bonds. The van der Waals surface area contributed by atoms with Gasteiger partial charge in [-0.05, 0) is 50.8 Å². The lowest BCUT2D eigenvalue weighted by atomic mass is 9.92. The number of nitrogens with zero attached hydrogens (tertiary/aromatic N) is 1. The van der Waals surface area contributed by atoms with Crippen LogP contribution in [0.4, 0.5) is 4.79 Å². The maximum Gasteiger partial charge on any atom is 0.324 e. The molecule has 0 atom stereocenters. The molecular formula is C19H26N2O2. The first-order valence-corrected chi connectivity index (χ1v) is 8.20. The fraction of sp³-hybridized carbons (Fsp3) is 0.474. The third kappa shape index (κ3) is 4.21. The molecule has 1 aromatic carbocycles. The van der Waals surface area contributed by atoms with Gasteiger partial charge in [0.05, 0.1) is 5.54 Å². The number of hydrogen-bond donors (Lipinski definition) is 1. The molecule has 0 radical (unpaired) electrons. The summed E-state index contributed by atoms with van der Waals surface area (Å²) in [6, 6.07) is 7.68. The zero-order chi connectivity index (χ0) is 17.0. The number of urea groups is 1. The van der Waals surface area contributed by atoms with E-state index in [9.17, 15) is 9.59 Å². The Morgan fingerprint density at radius 3 is 2.70 bits per heavy atom. The van der Waals surface area contributed by atoms with Crippen LogP contribution in [-0.2, 0) is 10.3 Å². The van der Waals surface area contributed by atoms with Crippen molar-refractivity contribution in [1.82, 2.24) is 10.2 Å². The molecule has 2 rings (SSSR count). The van der Waals surface area contributed by atoms with Crippen LogP contribution in [0.2, 0.25) is 0 Å². The molecule has 0 unspecified atom stereocenters. The van der Waals surface area contributed by atoms with Crippen LogP contribution in [0, 0.1) is 0 Å². The van der Waals surface area contributed by atoms with Gasteiger partial charge in [0.25, 0.3) is 0 Å². The van der Waals surface area contributed by atoms with Gasteiger partial charge < -0.3 is 5.32 Å². The minimum Gasteiger partial charge on any atom is -0.329 e. The van der Waals surface area contributed by atoms with Crippen molar-refractivity contribution in [2.75, 3.05) is 6.54 Å². The zero-order valence-electron chi connectivity index (χ0n) is 14.3. The van der Waals surface area contributed by atoms with Crippen LogP contribution in [0.5, 0.6) is 0 Å². The first-order chi connectivity index (χ1) is 10.8. The van der Waals surface area contributed by atoms with Crippen molar-refractivity contribution in [3.05, 3.63) is 42.0 Å². The molecule has 1 fully saturated rings. The fourth-order valence-corrected chi connectivity index (χ4v) is 2.78. The van der Waals surface area contributed by atoms with Gasteiger partial charge in [-0.1, -0.05) is 36.8 Å². The average molecular weight is 314 g/mol. The molecule has 0 spiro atoms. The van der Waals surface area contributed by atoms with E-state index in [1.54, 1.807) is 0 Å². The van der Waals surface area contributed by atoms with E-state index >= 15 is 0 Å². The lowest BCUT2D eigenvalue weighted by Gasteiger charge is -2.30. The van der Waals surface area contributed by atoms with Crippen LogP contribution in [-0.4, -0.2) is 23.4 Å². The molecule has 1 saturated heterocycles. The Morgan fingerprint density at radius 2 is 2.00 bits per heavy atom. The van der Waals surface area contributed by atoms with Gasteiger partial charge in [0.2, 0.25) is 5.91 Å². The van der Waals surface area contributed by atoms with Gasteiger partial charge in [0.1, 0.15) is 0 Å². The molecule has 0 saturated carbocycles. The van der Waals surface area contributed by atoms with Gasteiger partial charge >= 0.3 is 6.03 Å². The van der Waals surface area contributed by atoms with Gasteiger partial charge in [-0.25, -0.2) is 4.79 Å². The number of benzene rings is 1. The average Bonchev–Trinajstić information content (AvgIpc) is 2.71. The Labute approximate surface area is 138 Å². The summed E-state index contributed by atoms with van der Waals surface area (Å²) >= 11 is 0. The molecule has 4 heteroatoms. The lowest BCUT2D eigenvalue weighted by molar-refractivity contribution is -0.127. The molecule has 1 aliphatic rings. The molecule has 4 nitrogen and oxygen atoms in total. The second-order valence-electron chi connectivity index (χ2n) is 6.77. The van der Waals surface area contributed by atoms with Crippen molar-refractivity contribution in [3.63, 3.8) is 0 Å². The third-order valence-corrected chi connectivity index (χ3v) is 4.32. The summed E-state index contributed by atoms with van der Waals surface area (Å²) in [7, 11) is 0. The van der Waals surface area contributed by atoms with Gasteiger partial charge in [-0.15, -0.1) is 0 Å². The molecule has 1 N–H and O–H groups in total. The van der Waals surface area contributed by atoms with Gasteiger partial charge in [0.15, 0.2) is 0 Å². The zero-order valence-corrected chi connectivity index (χ0v) is 14.3. The van der Waals surface area contributed by atoms with Crippen LogP contribution < -0.4 is 5.32 Å². The smallest absolute Gasteiger partial charge is 0.324 e. The van der Waals surface area contributed by atoms with E-state index < -0.39 is 5.54 Å². The summed E-state index contributed by atoms with van der Waals surface area (Å²) in [5.41, 5.74) is 2.47. The van der Waals surface area contributed by atoms with Crippen molar-refractivity contribution in [3.8, 4) is 0 Å².